The Balaban J connectivity index is 2.22. The smallest absolute Gasteiger partial charge is 0.147 e. The highest BCUT2D eigenvalue weighted by atomic mass is 127. The molecule has 0 amide bonds. The van der Waals surface area contributed by atoms with E-state index in [4.69, 9.17) is 0 Å². The molecule has 0 spiro atoms. The molecule has 15 heavy (non-hydrogen) atoms. The summed E-state index contributed by atoms with van der Waals surface area (Å²) in [6.45, 7) is 0. The molecule has 1 aromatic heterocycles. The summed E-state index contributed by atoms with van der Waals surface area (Å²) in [4.78, 5) is 8.11. The van der Waals surface area contributed by atoms with Gasteiger partial charge in [0.25, 0.3) is 0 Å². The molecule has 0 bridgehead atoms. The molecular formula is C10H7I2N3. The summed E-state index contributed by atoms with van der Waals surface area (Å²) < 4.78 is 2.23. The molecule has 0 saturated heterocycles. The van der Waals surface area contributed by atoms with E-state index in [1.807, 2.05) is 12.1 Å². The second-order valence-electron chi connectivity index (χ2n) is 2.85. The molecule has 0 aliphatic rings. The topological polar surface area (TPSA) is 37.8 Å². The first-order valence-electron chi connectivity index (χ1n) is 4.24. The fourth-order valence-corrected chi connectivity index (χ4v) is 1.87. The monoisotopic (exact) mass is 423 g/mol. The zero-order valence-electron chi connectivity index (χ0n) is 7.61. The van der Waals surface area contributed by atoms with Gasteiger partial charge in [-0.25, -0.2) is 9.97 Å². The van der Waals surface area contributed by atoms with Crippen molar-refractivity contribution in [2.75, 3.05) is 5.32 Å². The van der Waals surface area contributed by atoms with Gasteiger partial charge in [0.1, 0.15) is 12.1 Å². The van der Waals surface area contributed by atoms with E-state index in [2.05, 4.69) is 72.6 Å². The highest BCUT2D eigenvalue weighted by Crippen LogP contribution is 2.19. The number of benzene rings is 1. The summed E-state index contributed by atoms with van der Waals surface area (Å²) >= 11 is 4.48. The molecule has 0 aliphatic carbocycles. The molecule has 1 aromatic carbocycles. The van der Waals surface area contributed by atoms with Gasteiger partial charge in [0.15, 0.2) is 0 Å². The van der Waals surface area contributed by atoms with Crippen LogP contribution in [0.1, 0.15) is 0 Å². The molecule has 3 nitrogen and oxygen atoms in total. The van der Waals surface area contributed by atoms with E-state index >= 15 is 0 Å². The fourth-order valence-electron chi connectivity index (χ4n) is 1.07. The van der Waals surface area contributed by atoms with Gasteiger partial charge in [-0.3, -0.25) is 0 Å². The first-order valence-corrected chi connectivity index (χ1v) is 6.39. The molecule has 0 atom stereocenters. The van der Waals surface area contributed by atoms with Crippen LogP contribution in [-0.4, -0.2) is 9.97 Å². The Morgan fingerprint density at radius 3 is 2.47 bits per heavy atom. The van der Waals surface area contributed by atoms with Crippen LogP contribution in [0.5, 0.6) is 0 Å². The van der Waals surface area contributed by atoms with E-state index in [0.717, 1.165) is 15.1 Å². The van der Waals surface area contributed by atoms with Crippen molar-refractivity contribution in [1.82, 2.24) is 9.97 Å². The molecular weight excluding hydrogens is 416 g/mol. The lowest BCUT2D eigenvalue weighted by Crippen LogP contribution is -1.96. The number of aromatic nitrogens is 2. The minimum absolute atomic E-state index is 0.840. The summed E-state index contributed by atoms with van der Waals surface area (Å²) in [7, 11) is 0. The van der Waals surface area contributed by atoms with Gasteiger partial charge in [-0.15, -0.1) is 0 Å². The number of hydrogen-bond acceptors (Lipinski definition) is 3. The molecule has 0 radical (unpaired) electrons. The average Bonchev–Trinajstić information content (AvgIpc) is 2.25. The zero-order chi connectivity index (χ0) is 10.7. The van der Waals surface area contributed by atoms with E-state index in [1.165, 1.54) is 9.90 Å². The highest BCUT2D eigenvalue weighted by Gasteiger charge is 2.00. The summed E-state index contributed by atoms with van der Waals surface area (Å²) in [6, 6.07) is 8.16. The second kappa shape index (κ2) is 5.06. The SMILES string of the molecule is Ic1ccc(Nc2ncncc2I)cc1. The largest absolute Gasteiger partial charge is 0.339 e. The van der Waals surface area contributed by atoms with E-state index in [0.29, 0.717) is 0 Å². The van der Waals surface area contributed by atoms with Gasteiger partial charge in [-0.2, -0.15) is 0 Å². The Bertz CT molecular complexity index is 456. The van der Waals surface area contributed by atoms with Gasteiger partial charge in [-0.05, 0) is 69.4 Å². The summed E-state index contributed by atoms with van der Waals surface area (Å²) in [5.74, 6) is 0.840. The van der Waals surface area contributed by atoms with E-state index in [9.17, 15) is 0 Å². The number of nitrogens with one attached hydrogen (secondary N) is 1. The quantitative estimate of drug-likeness (QED) is 0.753. The normalized spacial score (nSPS) is 10.0. The average molecular weight is 423 g/mol. The maximum atomic E-state index is 4.16. The first kappa shape index (κ1) is 11.1. The zero-order valence-corrected chi connectivity index (χ0v) is 11.9. The van der Waals surface area contributed by atoms with Crippen LogP contribution in [0, 0.1) is 7.14 Å². The van der Waals surface area contributed by atoms with Crippen molar-refractivity contribution in [1.29, 1.82) is 0 Å². The lowest BCUT2D eigenvalue weighted by Gasteiger charge is -2.06. The number of rotatable bonds is 2. The van der Waals surface area contributed by atoms with Crippen molar-refractivity contribution in [2.45, 2.75) is 0 Å². The minimum Gasteiger partial charge on any atom is -0.339 e. The maximum absolute atomic E-state index is 4.16. The molecule has 76 valence electrons. The third-order valence-electron chi connectivity index (χ3n) is 1.77. The van der Waals surface area contributed by atoms with Gasteiger partial charge in [0.05, 0.1) is 3.57 Å². The van der Waals surface area contributed by atoms with Crippen LogP contribution in [0.2, 0.25) is 0 Å². The summed E-state index contributed by atoms with van der Waals surface area (Å²) in [5, 5.41) is 3.24. The van der Waals surface area contributed by atoms with Crippen LogP contribution in [0.25, 0.3) is 0 Å². The number of halogens is 2. The van der Waals surface area contributed by atoms with Crippen LogP contribution in [0.3, 0.4) is 0 Å². The number of hydrogen-bond donors (Lipinski definition) is 1. The Morgan fingerprint density at radius 2 is 1.80 bits per heavy atom. The van der Waals surface area contributed by atoms with E-state index in [-0.39, 0.29) is 0 Å². The Kier molecular flexibility index (Phi) is 3.73. The van der Waals surface area contributed by atoms with Crippen molar-refractivity contribution >= 4 is 56.7 Å². The lowest BCUT2D eigenvalue weighted by atomic mass is 10.3. The van der Waals surface area contributed by atoms with Crippen LogP contribution in [0.4, 0.5) is 11.5 Å². The van der Waals surface area contributed by atoms with Crippen LogP contribution in [-0.2, 0) is 0 Å². The fraction of sp³-hybridized carbons (Fsp3) is 0. The van der Waals surface area contributed by atoms with E-state index < -0.39 is 0 Å². The van der Waals surface area contributed by atoms with Crippen LogP contribution in [0.15, 0.2) is 36.8 Å². The Labute approximate surface area is 115 Å². The van der Waals surface area contributed by atoms with Gasteiger partial charge in [0.2, 0.25) is 0 Å². The molecule has 0 aliphatic heterocycles. The lowest BCUT2D eigenvalue weighted by molar-refractivity contribution is 1.15. The Hall–Kier alpha value is -0.440. The van der Waals surface area contributed by atoms with Crippen LogP contribution < -0.4 is 5.32 Å². The molecule has 5 heteroatoms. The molecule has 0 unspecified atom stereocenters. The van der Waals surface area contributed by atoms with E-state index in [1.54, 1.807) is 6.20 Å². The first-order chi connectivity index (χ1) is 7.25. The third kappa shape index (κ3) is 3.00. The Morgan fingerprint density at radius 1 is 1.07 bits per heavy atom. The van der Waals surface area contributed by atoms with Gasteiger partial charge < -0.3 is 5.32 Å². The van der Waals surface area contributed by atoms with Crippen LogP contribution >= 0.6 is 45.2 Å². The maximum Gasteiger partial charge on any atom is 0.147 e. The standard InChI is InChI=1S/C10H7I2N3/c11-7-1-3-8(4-2-7)15-10-9(12)5-13-6-14-10/h1-6H,(H,13,14,15). The summed E-state index contributed by atoms with van der Waals surface area (Å²) in [6.07, 6.45) is 3.32. The van der Waals surface area contributed by atoms with Crippen molar-refractivity contribution in [3.8, 4) is 0 Å². The number of anilines is 2. The number of nitrogens with zero attached hydrogens (tertiary/aromatic N) is 2. The van der Waals surface area contributed by atoms with Crippen molar-refractivity contribution in [3.05, 3.63) is 43.9 Å². The molecule has 0 saturated carbocycles. The van der Waals surface area contributed by atoms with Crippen molar-refractivity contribution in [3.63, 3.8) is 0 Å². The van der Waals surface area contributed by atoms with Gasteiger partial charge >= 0.3 is 0 Å². The predicted octanol–water partition coefficient (Wildman–Crippen LogP) is 3.43. The predicted molar refractivity (Wildman–Crippen MR) is 77.2 cm³/mol. The van der Waals surface area contributed by atoms with Crippen molar-refractivity contribution in [2.24, 2.45) is 0 Å². The molecule has 1 N–H and O–H groups in total. The molecule has 1 heterocycles. The highest BCUT2D eigenvalue weighted by molar-refractivity contribution is 14.1. The van der Waals surface area contributed by atoms with Crippen molar-refractivity contribution < 1.29 is 0 Å². The van der Waals surface area contributed by atoms with Gasteiger partial charge in [-0.1, -0.05) is 0 Å². The third-order valence-corrected chi connectivity index (χ3v) is 3.28. The molecule has 2 rings (SSSR count). The molecule has 2 aromatic rings. The van der Waals surface area contributed by atoms with Gasteiger partial charge in [0, 0.05) is 15.5 Å². The minimum atomic E-state index is 0.840. The second-order valence-corrected chi connectivity index (χ2v) is 5.26. The summed E-state index contributed by atoms with van der Waals surface area (Å²) in [5.41, 5.74) is 1.03. The molecule has 0 fully saturated rings.